The summed E-state index contributed by atoms with van der Waals surface area (Å²) in [4.78, 5) is 27.3. The first kappa shape index (κ1) is 21.2. The van der Waals surface area contributed by atoms with Crippen molar-refractivity contribution in [1.82, 2.24) is 24.8 Å². The van der Waals surface area contributed by atoms with Gasteiger partial charge in [0.1, 0.15) is 0 Å². The van der Waals surface area contributed by atoms with Crippen LogP contribution in [0.1, 0.15) is 10.4 Å². The number of carbonyl (C=O) groups is 1. The minimum atomic E-state index is -0.583. The third kappa shape index (κ3) is 4.05. The second-order valence-corrected chi connectivity index (χ2v) is 7.62. The summed E-state index contributed by atoms with van der Waals surface area (Å²) in [6.07, 6.45) is 3.35. The molecule has 34 heavy (non-hydrogen) atoms. The fourth-order valence-electron chi connectivity index (χ4n) is 3.37. The maximum Gasteiger partial charge on any atom is 0.270 e. The van der Waals surface area contributed by atoms with E-state index in [0.29, 0.717) is 22.9 Å². The summed E-state index contributed by atoms with van der Waals surface area (Å²) < 4.78 is 1.63. The third-order valence-corrected chi connectivity index (χ3v) is 5.33. The highest BCUT2D eigenvalue weighted by molar-refractivity contribution is 6.34. The normalized spacial score (nSPS) is 10.9. The van der Waals surface area contributed by atoms with Crippen LogP contribution in [-0.4, -0.2) is 35.6 Å². The molecule has 2 aromatic carbocycles. The van der Waals surface area contributed by atoms with Crippen molar-refractivity contribution in [1.29, 1.82) is 0 Å². The fourth-order valence-corrected chi connectivity index (χ4v) is 3.58. The SMILES string of the molecule is O=C(Nc1cccc(-c2ccc3nnc(-c4cccnc4)n3n2)c1)c1cc([N+](=O)[O-])ccc1Cl. The highest BCUT2D eigenvalue weighted by atomic mass is 35.5. The van der Waals surface area contributed by atoms with Gasteiger partial charge in [-0.15, -0.1) is 10.2 Å². The number of nitrogens with zero attached hydrogens (tertiary/aromatic N) is 6. The molecule has 0 aliphatic carbocycles. The van der Waals surface area contributed by atoms with Crippen molar-refractivity contribution < 1.29 is 9.72 Å². The summed E-state index contributed by atoms with van der Waals surface area (Å²) in [5.74, 6) is -0.0124. The van der Waals surface area contributed by atoms with Crippen LogP contribution < -0.4 is 5.32 Å². The molecule has 0 bridgehead atoms. The van der Waals surface area contributed by atoms with Crippen LogP contribution in [0, 0.1) is 10.1 Å². The summed E-state index contributed by atoms with van der Waals surface area (Å²) in [6.45, 7) is 0. The first-order valence-electron chi connectivity index (χ1n) is 9.98. The number of benzene rings is 2. The maximum absolute atomic E-state index is 12.7. The zero-order valence-corrected chi connectivity index (χ0v) is 18.0. The van der Waals surface area contributed by atoms with E-state index in [-0.39, 0.29) is 16.3 Å². The first-order chi connectivity index (χ1) is 16.5. The molecule has 0 saturated carbocycles. The van der Waals surface area contributed by atoms with Crippen LogP contribution in [0.3, 0.4) is 0 Å². The van der Waals surface area contributed by atoms with E-state index in [1.807, 2.05) is 12.1 Å². The topological polar surface area (TPSA) is 128 Å². The van der Waals surface area contributed by atoms with Crippen molar-refractivity contribution in [3.8, 4) is 22.6 Å². The van der Waals surface area contributed by atoms with E-state index in [0.717, 1.165) is 17.2 Å². The van der Waals surface area contributed by atoms with Crippen molar-refractivity contribution in [3.63, 3.8) is 0 Å². The third-order valence-electron chi connectivity index (χ3n) is 5.00. The lowest BCUT2D eigenvalue weighted by molar-refractivity contribution is -0.384. The van der Waals surface area contributed by atoms with Crippen LogP contribution in [0.4, 0.5) is 11.4 Å². The van der Waals surface area contributed by atoms with Gasteiger partial charge in [-0.05, 0) is 42.5 Å². The number of pyridine rings is 1. The minimum absolute atomic E-state index is 0.00594. The average Bonchev–Trinajstić information content (AvgIpc) is 3.28. The number of rotatable bonds is 5. The van der Waals surface area contributed by atoms with Crippen LogP contribution in [0.25, 0.3) is 28.3 Å². The number of fused-ring (bicyclic) bond motifs is 1. The number of nitro groups is 1. The largest absolute Gasteiger partial charge is 0.322 e. The molecule has 5 aromatic rings. The zero-order valence-electron chi connectivity index (χ0n) is 17.3. The second kappa shape index (κ2) is 8.68. The molecule has 10 nitrogen and oxygen atoms in total. The number of aromatic nitrogens is 5. The van der Waals surface area contributed by atoms with Gasteiger partial charge in [-0.3, -0.25) is 19.9 Å². The Morgan fingerprint density at radius 3 is 2.65 bits per heavy atom. The van der Waals surface area contributed by atoms with Gasteiger partial charge in [-0.1, -0.05) is 23.7 Å². The number of nitro benzene ring substituents is 1. The molecule has 166 valence electrons. The fraction of sp³-hybridized carbons (Fsp3) is 0. The average molecular weight is 472 g/mol. The maximum atomic E-state index is 12.7. The Hall–Kier alpha value is -4.70. The number of nitrogens with one attached hydrogen (secondary N) is 1. The lowest BCUT2D eigenvalue weighted by Crippen LogP contribution is -2.13. The summed E-state index contributed by atoms with van der Waals surface area (Å²) in [6, 6.07) is 18.0. The summed E-state index contributed by atoms with van der Waals surface area (Å²) >= 11 is 6.09. The summed E-state index contributed by atoms with van der Waals surface area (Å²) in [5.41, 5.74) is 2.97. The molecule has 0 saturated heterocycles. The number of anilines is 1. The predicted octanol–water partition coefficient (Wildman–Crippen LogP) is 4.67. The van der Waals surface area contributed by atoms with Gasteiger partial charge in [0.05, 0.1) is 21.2 Å². The molecular formula is C23H14ClN7O3. The van der Waals surface area contributed by atoms with E-state index in [1.165, 1.54) is 12.1 Å². The van der Waals surface area contributed by atoms with Crippen molar-refractivity contribution in [2.75, 3.05) is 5.32 Å². The number of hydrogen-bond donors (Lipinski definition) is 1. The van der Waals surface area contributed by atoms with Crippen molar-refractivity contribution in [2.24, 2.45) is 0 Å². The molecule has 0 unspecified atom stereocenters. The highest BCUT2D eigenvalue weighted by Crippen LogP contribution is 2.26. The summed E-state index contributed by atoms with van der Waals surface area (Å²) in [7, 11) is 0. The van der Waals surface area contributed by atoms with Crippen LogP contribution in [0.15, 0.2) is 79.1 Å². The molecule has 5 rings (SSSR count). The van der Waals surface area contributed by atoms with Gasteiger partial charge in [0, 0.05) is 41.3 Å². The molecule has 11 heteroatoms. The van der Waals surface area contributed by atoms with E-state index in [4.69, 9.17) is 11.6 Å². The predicted molar refractivity (Wildman–Crippen MR) is 126 cm³/mol. The first-order valence-corrected chi connectivity index (χ1v) is 10.4. The molecule has 1 N–H and O–H groups in total. The lowest BCUT2D eigenvalue weighted by atomic mass is 10.1. The van der Waals surface area contributed by atoms with Gasteiger partial charge in [0.2, 0.25) is 0 Å². The van der Waals surface area contributed by atoms with Gasteiger partial charge in [0.15, 0.2) is 11.5 Å². The standard InChI is InChI=1S/C23H14ClN7O3/c24-19-7-6-17(31(33)34)12-18(19)23(32)26-16-5-1-3-14(11-16)20-8-9-21-27-28-22(30(21)29-20)15-4-2-10-25-13-15/h1-13H,(H,26,32). The van der Waals surface area contributed by atoms with Crippen molar-refractivity contribution in [3.05, 3.63) is 99.8 Å². The van der Waals surface area contributed by atoms with Gasteiger partial charge in [-0.25, -0.2) is 0 Å². The van der Waals surface area contributed by atoms with Gasteiger partial charge >= 0.3 is 0 Å². The van der Waals surface area contributed by atoms with Crippen LogP contribution >= 0.6 is 11.6 Å². The van der Waals surface area contributed by atoms with Gasteiger partial charge < -0.3 is 5.32 Å². The zero-order chi connectivity index (χ0) is 23.7. The van der Waals surface area contributed by atoms with E-state index in [1.54, 1.807) is 53.3 Å². The Morgan fingerprint density at radius 2 is 1.85 bits per heavy atom. The molecule has 0 aliphatic rings. The van der Waals surface area contributed by atoms with E-state index in [9.17, 15) is 14.9 Å². The van der Waals surface area contributed by atoms with E-state index < -0.39 is 10.8 Å². The number of hydrogen-bond acceptors (Lipinski definition) is 7. The minimum Gasteiger partial charge on any atom is -0.322 e. The number of halogens is 1. The van der Waals surface area contributed by atoms with Crippen molar-refractivity contribution >= 4 is 34.5 Å². The van der Waals surface area contributed by atoms with E-state index >= 15 is 0 Å². The van der Waals surface area contributed by atoms with Crippen LogP contribution in [0.2, 0.25) is 5.02 Å². The molecule has 0 spiro atoms. The van der Waals surface area contributed by atoms with Gasteiger partial charge in [0.25, 0.3) is 11.6 Å². The van der Waals surface area contributed by atoms with E-state index in [2.05, 4.69) is 25.6 Å². The van der Waals surface area contributed by atoms with Gasteiger partial charge in [-0.2, -0.15) is 9.61 Å². The summed E-state index contributed by atoms with van der Waals surface area (Å²) in [5, 5.41) is 26.9. The molecule has 0 radical (unpaired) electrons. The van der Waals surface area contributed by atoms with Crippen molar-refractivity contribution in [2.45, 2.75) is 0 Å². The lowest BCUT2D eigenvalue weighted by Gasteiger charge is -2.09. The second-order valence-electron chi connectivity index (χ2n) is 7.21. The Labute approximate surface area is 197 Å². The Kier molecular flexibility index (Phi) is 5.40. The molecule has 3 heterocycles. The quantitative estimate of drug-likeness (QED) is 0.291. The Morgan fingerprint density at radius 1 is 1.00 bits per heavy atom. The molecule has 1 amide bonds. The Balaban J connectivity index is 1.46. The molecule has 0 aliphatic heterocycles. The smallest absolute Gasteiger partial charge is 0.270 e. The Bertz CT molecular complexity index is 1550. The number of carbonyl (C=O) groups excluding carboxylic acids is 1. The monoisotopic (exact) mass is 471 g/mol. The highest BCUT2D eigenvalue weighted by Gasteiger charge is 2.17. The van der Waals surface area contributed by atoms with Crippen LogP contribution in [-0.2, 0) is 0 Å². The number of non-ortho nitro benzene ring substituents is 1. The molecule has 0 fully saturated rings. The number of amides is 1. The van der Waals surface area contributed by atoms with Crippen LogP contribution in [0.5, 0.6) is 0 Å². The molecule has 0 atom stereocenters. The molecule has 3 aromatic heterocycles. The molecular weight excluding hydrogens is 458 g/mol.